The van der Waals surface area contributed by atoms with Gasteiger partial charge in [-0.25, -0.2) is 8.78 Å². The zero-order valence-corrected chi connectivity index (χ0v) is 10.4. The number of hydrogen-bond donors (Lipinski definition) is 2. The summed E-state index contributed by atoms with van der Waals surface area (Å²) >= 11 is 0. The Kier molecular flexibility index (Phi) is 5.71. The maximum Gasteiger partial charge on any atom is 0.220 e. The Morgan fingerprint density at radius 3 is 2.83 bits per heavy atom. The molecule has 0 aromatic heterocycles. The smallest absolute Gasteiger partial charge is 0.220 e. The van der Waals surface area contributed by atoms with Gasteiger partial charge in [0.1, 0.15) is 11.6 Å². The third-order valence-electron chi connectivity index (χ3n) is 2.66. The zero-order valence-electron chi connectivity index (χ0n) is 10.4. The minimum Gasteiger partial charge on any atom is -0.356 e. The predicted octanol–water partition coefficient (Wildman–Crippen LogP) is 1.61. The number of carbonyl (C=O) groups is 1. The Morgan fingerprint density at radius 1 is 1.44 bits per heavy atom. The molecule has 100 valence electrons. The summed E-state index contributed by atoms with van der Waals surface area (Å²) in [6, 6.07) is 3.30. The average molecular weight is 256 g/mol. The highest BCUT2D eigenvalue weighted by Crippen LogP contribution is 2.09. The second-order valence-corrected chi connectivity index (χ2v) is 4.38. The summed E-state index contributed by atoms with van der Waals surface area (Å²) in [5.74, 6) is -0.934. The molecule has 18 heavy (non-hydrogen) atoms. The van der Waals surface area contributed by atoms with Crippen LogP contribution in [-0.4, -0.2) is 19.0 Å². The summed E-state index contributed by atoms with van der Waals surface area (Å²) in [7, 11) is 0. The maximum absolute atomic E-state index is 13.3. The summed E-state index contributed by atoms with van der Waals surface area (Å²) in [5.41, 5.74) is 5.67. The summed E-state index contributed by atoms with van der Waals surface area (Å²) in [6.07, 6.45) is 0.620. The molecule has 0 aliphatic rings. The van der Waals surface area contributed by atoms with Gasteiger partial charge in [0, 0.05) is 13.0 Å². The van der Waals surface area contributed by atoms with E-state index in [0.29, 0.717) is 13.0 Å². The van der Waals surface area contributed by atoms with E-state index in [9.17, 15) is 13.6 Å². The van der Waals surface area contributed by atoms with E-state index < -0.39 is 11.6 Å². The normalized spacial score (nSPS) is 12.2. The van der Waals surface area contributed by atoms with Crippen molar-refractivity contribution in [3.63, 3.8) is 0 Å². The van der Waals surface area contributed by atoms with Gasteiger partial charge in [0.15, 0.2) is 0 Å². The molecule has 0 fully saturated rings. The third-order valence-corrected chi connectivity index (χ3v) is 2.66. The summed E-state index contributed by atoms with van der Waals surface area (Å²) in [4.78, 5) is 11.4. The van der Waals surface area contributed by atoms with Crippen LogP contribution in [0.2, 0.25) is 0 Å². The lowest BCUT2D eigenvalue weighted by Gasteiger charge is -2.09. The topological polar surface area (TPSA) is 55.1 Å². The molecule has 0 radical (unpaired) electrons. The Balaban J connectivity index is 2.37. The van der Waals surface area contributed by atoms with Gasteiger partial charge in [0.2, 0.25) is 5.91 Å². The van der Waals surface area contributed by atoms with Crippen LogP contribution in [0, 0.1) is 17.6 Å². The maximum atomic E-state index is 13.3. The average Bonchev–Trinajstić information content (AvgIpc) is 2.33. The fraction of sp³-hybridized carbons (Fsp3) is 0.462. The minimum atomic E-state index is -0.477. The fourth-order valence-electron chi connectivity index (χ4n) is 1.54. The van der Waals surface area contributed by atoms with Crippen LogP contribution in [0.15, 0.2) is 18.2 Å². The van der Waals surface area contributed by atoms with Crippen LogP contribution in [0.5, 0.6) is 0 Å². The molecule has 0 spiro atoms. The summed E-state index contributed by atoms with van der Waals surface area (Å²) < 4.78 is 26.1. The highest BCUT2D eigenvalue weighted by molar-refractivity contribution is 5.76. The van der Waals surface area contributed by atoms with E-state index in [0.717, 1.165) is 18.2 Å². The van der Waals surface area contributed by atoms with Crippen molar-refractivity contribution in [2.75, 3.05) is 13.1 Å². The molecule has 0 heterocycles. The van der Waals surface area contributed by atoms with Crippen LogP contribution in [0.25, 0.3) is 0 Å². The van der Waals surface area contributed by atoms with Gasteiger partial charge in [-0.05, 0) is 42.6 Å². The first-order chi connectivity index (χ1) is 8.52. The monoisotopic (exact) mass is 256 g/mol. The molecule has 0 aliphatic carbocycles. The molecule has 1 atom stereocenters. The van der Waals surface area contributed by atoms with Crippen molar-refractivity contribution < 1.29 is 13.6 Å². The van der Waals surface area contributed by atoms with Gasteiger partial charge < -0.3 is 11.1 Å². The van der Waals surface area contributed by atoms with Crippen molar-refractivity contribution in [1.29, 1.82) is 0 Å². The van der Waals surface area contributed by atoms with Gasteiger partial charge in [0.05, 0.1) is 0 Å². The van der Waals surface area contributed by atoms with Crippen molar-refractivity contribution in [3.8, 4) is 0 Å². The molecule has 0 aliphatic heterocycles. The van der Waals surface area contributed by atoms with Crippen molar-refractivity contribution in [2.24, 2.45) is 11.7 Å². The number of carbonyl (C=O) groups excluding carboxylic acids is 1. The fourth-order valence-corrected chi connectivity index (χ4v) is 1.54. The van der Waals surface area contributed by atoms with Crippen molar-refractivity contribution in [3.05, 3.63) is 35.4 Å². The molecular weight excluding hydrogens is 238 g/mol. The number of hydrogen-bond acceptors (Lipinski definition) is 2. The summed E-state index contributed by atoms with van der Waals surface area (Å²) in [5, 5.41) is 2.66. The number of benzene rings is 1. The van der Waals surface area contributed by atoms with Gasteiger partial charge >= 0.3 is 0 Å². The first-order valence-corrected chi connectivity index (χ1v) is 5.93. The van der Waals surface area contributed by atoms with E-state index in [1.807, 2.05) is 6.92 Å². The lowest BCUT2D eigenvalue weighted by molar-refractivity contribution is -0.121. The lowest BCUT2D eigenvalue weighted by atomic mass is 10.1. The van der Waals surface area contributed by atoms with Crippen molar-refractivity contribution in [1.82, 2.24) is 5.32 Å². The number of amides is 1. The third kappa shape index (κ3) is 4.79. The van der Waals surface area contributed by atoms with Gasteiger partial charge in [-0.1, -0.05) is 6.92 Å². The van der Waals surface area contributed by atoms with Crippen LogP contribution < -0.4 is 11.1 Å². The molecule has 3 nitrogen and oxygen atoms in total. The van der Waals surface area contributed by atoms with E-state index >= 15 is 0 Å². The van der Waals surface area contributed by atoms with Gasteiger partial charge in [-0.15, -0.1) is 0 Å². The molecule has 3 N–H and O–H groups in total. The van der Waals surface area contributed by atoms with Crippen LogP contribution in [-0.2, 0) is 11.2 Å². The second kappa shape index (κ2) is 7.06. The largest absolute Gasteiger partial charge is 0.356 e. The Morgan fingerprint density at radius 2 is 2.17 bits per heavy atom. The van der Waals surface area contributed by atoms with E-state index in [1.165, 1.54) is 0 Å². The van der Waals surface area contributed by atoms with Gasteiger partial charge in [-0.2, -0.15) is 0 Å². The number of halogens is 2. The van der Waals surface area contributed by atoms with E-state index in [2.05, 4.69) is 5.32 Å². The first-order valence-electron chi connectivity index (χ1n) is 5.93. The van der Waals surface area contributed by atoms with E-state index in [-0.39, 0.29) is 30.4 Å². The Bertz CT molecular complexity index is 410. The highest BCUT2D eigenvalue weighted by atomic mass is 19.1. The molecule has 0 saturated carbocycles. The Labute approximate surface area is 105 Å². The standard InChI is InChI=1S/C13H18F2N2O/c1-9(8-16)6-13(18)17-5-4-10-7-11(14)2-3-12(10)15/h2-3,7,9H,4-6,8,16H2,1H3,(H,17,18). The van der Waals surface area contributed by atoms with E-state index in [4.69, 9.17) is 5.73 Å². The zero-order chi connectivity index (χ0) is 13.5. The molecule has 5 heteroatoms. The van der Waals surface area contributed by atoms with Crippen LogP contribution >= 0.6 is 0 Å². The summed E-state index contributed by atoms with van der Waals surface area (Å²) in [6.45, 7) is 2.62. The van der Waals surface area contributed by atoms with Crippen LogP contribution in [0.3, 0.4) is 0 Å². The predicted molar refractivity (Wildman–Crippen MR) is 65.9 cm³/mol. The minimum absolute atomic E-state index is 0.121. The molecule has 1 rings (SSSR count). The van der Waals surface area contributed by atoms with Gasteiger partial charge in [-0.3, -0.25) is 4.79 Å². The number of nitrogens with two attached hydrogens (primary N) is 1. The molecule has 1 unspecified atom stereocenters. The van der Waals surface area contributed by atoms with Crippen LogP contribution in [0.4, 0.5) is 8.78 Å². The lowest BCUT2D eigenvalue weighted by Crippen LogP contribution is -2.28. The van der Waals surface area contributed by atoms with Gasteiger partial charge in [0.25, 0.3) is 0 Å². The number of rotatable bonds is 6. The Hall–Kier alpha value is -1.49. The second-order valence-electron chi connectivity index (χ2n) is 4.38. The first kappa shape index (κ1) is 14.6. The van der Waals surface area contributed by atoms with Crippen molar-refractivity contribution in [2.45, 2.75) is 19.8 Å². The van der Waals surface area contributed by atoms with Crippen LogP contribution in [0.1, 0.15) is 18.9 Å². The molecule has 1 amide bonds. The molecular formula is C13H18F2N2O. The SMILES string of the molecule is CC(CN)CC(=O)NCCc1cc(F)ccc1F. The molecule has 1 aromatic rings. The quantitative estimate of drug-likeness (QED) is 0.812. The molecule has 0 bridgehead atoms. The molecule has 0 saturated heterocycles. The molecule has 1 aromatic carbocycles. The number of nitrogens with one attached hydrogen (secondary N) is 1. The van der Waals surface area contributed by atoms with E-state index in [1.54, 1.807) is 0 Å². The highest BCUT2D eigenvalue weighted by Gasteiger charge is 2.08. The van der Waals surface area contributed by atoms with Crippen molar-refractivity contribution >= 4 is 5.91 Å².